The first-order valence-corrected chi connectivity index (χ1v) is 34.6. The molecule has 0 aromatic heterocycles. The van der Waals surface area contributed by atoms with E-state index in [-0.39, 0.29) is 12.5 Å². The van der Waals surface area contributed by atoms with Gasteiger partial charge in [-0.2, -0.15) is 0 Å². The van der Waals surface area contributed by atoms with Crippen molar-refractivity contribution in [3.8, 4) is 0 Å². The number of carbonyl (C=O) groups is 1. The zero-order valence-corrected chi connectivity index (χ0v) is 51.2. The van der Waals surface area contributed by atoms with E-state index >= 15 is 0 Å². The van der Waals surface area contributed by atoms with Gasteiger partial charge in [-0.3, -0.25) is 4.79 Å². The Morgan fingerprint density at radius 2 is 0.573 bits per heavy atom. The van der Waals surface area contributed by atoms with Crippen molar-refractivity contribution in [1.29, 1.82) is 0 Å². The second kappa shape index (κ2) is 65.3. The second-order valence-corrected chi connectivity index (χ2v) is 24.1. The summed E-state index contributed by atoms with van der Waals surface area (Å²) in [6.45, 7) is 4.23. The lowest BCUT2D eigenvalue weighted by molar-refractivity contribution is -0.124. The molecule has 3 atom stereocenters. The van der Waals surface area contributed by atoms with E-state index < -0.39 is 18.2 Å². The van der Waals surface area contributed by atoms with Gasteiger partial charge in [0.1, 0.15) is 6.10 Å². The van der Waals surface area contributed by atoms with Crippen LogP contribution in [0.1, 0.15) is 393 Å². The maximum atomic E-state index is 12.6. The fourth-order valence-corrected chi connectivity index (χ4v) is 11.3. The third kappa shape index (κ3) is 60.3. The quantitative estimate of drug-likeness (QED) is 0.0361. The van der Waals surface area contributed by atoms with Crippen LogP contribution in [0, 0.1) is 0 Å². The van der Waals surface area contributed by atoms with Crippen LogP contribution in [-0.4, -0.2) is 46.1 Å². The number of allylic oxidation sites excluding steroid dienone is 4. The molecule has 0 bridgehead atoms. The molecular formula is C70H137NO4. The van der Waals surface area contributed by atoms with Crippen molar-refractivity contribution in [3.63, 3.8) is 0 Å². The Labute approximate surface area is 471 Å². The Bertz CT molecular complexity index is 1120. The zero-order valence-electron chi connectivity index (χ0n) is 51.2. The highest BCUT2D eigenvalue weighted by molar-refractivity contribution is 5.76. The molecule has 0 spiro atoms. The fraction of sp³-hybridized carbons (Fsp3) is 0.929. The molecule has 0 rings (SSSR count). The van der Waals surface area contributed by atoms with Crippen molar-refractivity contribution in [2.45, 2.75) is 411 Å². The smallest absolute Gasteiger partial charge is 0.220 e. The summed E-state index contributed by atoms with van der Waals surface area (Å²) in [5, 5.41) is 33.9. The van der Waals surface area contributed by atoms with Gasteiger partial charge in [-0.15, -0.1) is 0 Å². The summed E-state index contributed by atoms with van der Waals surface area (Å²) in [5.74, 6) is -0.137. The van der Waals surface area contributed by atoms with Crippen molar-refractivity contribution in [1.82, 2.24) is 5.32 Å². The predicted octanol–water partition coefficient (Wildman–Crippen LogP) is 22.4. The molecule has 4 N–H and O–H groups in total. The number of aliphatic hydroxyl groups is 3. The Kier molecular flexibility index (Phi) is 64.3. The number of amides is 1. The molecule has 0 aliphatic heterocycles. The van der Waals surface area contributed by atoms with Gasteiger partial charge in [-0.05, 0) is 44.9 Å². The third-order valence-electron chi connectivity index (χ3n) is 16.6. The molecule has 0 saturated carbocycles. The van der Waals surface area contributed by atoms with Gasteiger partial charge in [0.2, 0.25) is 5.91 Å². The molecule has 5 nitrogen and oxygen atoms in total. The molecule has 0 radical (unpaired) electrons. The number of nitrogens with one attached hydrogen (secondary N) is 1. The van der Waals surface area contributed by atoms with Crippen LogP contribution < -0.4 is 5.32 Å². The molecule has 0 aromatic carbocycles. The number of unbranched alkanes of at least 4 members (excludes halogenated alkanes) is 53. The van der Waals surface area contributed by atoms with E-state index in [1.165, 1.54) is 327 Å². The molecule has 0 fully saturated rings. The highest BCUT2D eigenvalue weighted by Crippen LogP contribution is 2.19. The molecule has 5 heteroatoms. The van der Waals surface area contributed by atoms with E-state index in [4.69, 9.17) is 0 Å². The van der Waals surface area contributed by atoms with Gasteiger partial charge in [0, 0.05) is 6.42 Å². The van der Waals surface area contributed by atoms with Crippen molar-refractivity contribution < 1.29 is 20.1 Å². The zero-order chi connectivity index (χ0) is 54.3. The van der Waals surface area contributed by atoms with Crippen LogP contribution >= 0.6 is 0 Å². The minimum Gasteiger partial charge on any atom is -0.394 e. The van der Waals surface area contributed by atoms with Gasteiger partial charge in [0.05, 0.1) is 18.8 Å². The number of aliphatic hydroxyl groups excluding tert-OH is 3. The molecule has 3 unspecified atom stereocenters. The maximum Gasteiger partial charge on any atom is 0.220 e. The monoisotopic (exact) mass is 1060 g/mol. The molecule has 0 saturated heterocycles. The molecular weight excluding hydrogens is 919 g/mol. The summed E-state index contributed by atoms with van der Waals surface area (Å²) in [6.07, 6.45) is 85.4. The van der Waals surface area contributed by atoms with Crippen molar-refractivity contribution >= 4 is 5.91 Å². The van der Waals surface area contributed by atoms with Gasteiger partial charge in [-0.1, -0.05) is 366 Å². The van der Waals surface area contributed by atoms with E-state index in [0.29, 0.717) is 12.8 Å². The van der Waals surface area contributed by atoms with Crippen molar-refractivity contribution in [3.05, 3.63) is 24.3 Å². The van der Waals surface area contributed by atoms with Crippen LogP contribution in [0.3, 0.4) is 0 Å². The van der Waals surface area contributed by atoms with E-state index in [2.05, 4.69) is 43.5 Å². The molecule has 0 heterocycles. The fourth-order valence-electron chi connectivity index (χ4n) is 11.3. The van der Waals surface area contributed by atoms with Gasteiger partial charge in [0.25, 0.3) is 0 Å². The van der Waals surface area contributed by atoms with E-state index in [1.54, 1.807) is 0 Å². The van der Waals surface area contributed by atoms with Gasteiger partial charge >= 0.3 is 0 Å². The summed E-state index contributed by atoms with van der Waals surface area (Å²) in [6, 6.07) is -0.809. The average Bonchev–Trinajstić information content (AvgIpc) is 3.41. The molecule has 0 aliphatic rings. The van der Waals surface area contributed by atoms with E-state index in [0.717, 1.165) is 38.5 Å². The van der Waals surface area contributed by atoms with Crippen LogP contribution in [0.5, 0.6) is 0 Å². The average molecular weight is 1060 g/mol. The Hall–Kier alpha value is -1.17. The van der Waals surface area contributed by atoms with Gasteiger partial charge < -0.3 is 20.6 Å². The third-order valence-corrected chi connectivity index (χ3v) is 16.6. The second-order valence-electron chi connectivity index (χ2n) is 24.1. The Morgan fingerprint density at radius 1 is 0.333 bits per heavy atom. The Morgan fingerprint density at radius 3 is 0.840 bits per heavy atom. The number of hydrogen-bond acceptors (Lipinski definition) is 4. The lowest BCUT2D eigenvalue weighted by Gasteiger charge is -2.26. The highest BCUT2D eigenvalue weighted by Gasteiger charge is 2.26. The minimum absolute atomic E-state index is 0.137. The normalized spacial score (nSPS) is 13.2. The maximum absolute atomic E-state index is 12.6. The number of carbonyl (C=O) groups excluding carboxylic acids is 1. The molecule has 75 heavy (non-hydrogen) atoms. The minimum atomic E-state index is -1.14. The number of hydrogen-bond donors (Lipinski definition) is 4. The summed E-state index contributed by atoms with van der Waals surface area (Å²) >= 11 is 0. The van der Waals surface area contributed by atoms with E-state index in [1.807, 2.05) is 0 Å². The standard InChI is InChI=1S/C70H137NO4/c1-3-5-7-9-11-13-15-17-19-21-23-25-27-28-29-30-31-32-33-34-35-36-37-38-39-40-41-42-43-45-47-49-51-53-55-57-59-61-63-65-69(74)71-67(66-72)70(75)68(73)64-62-60-58-56-54-52-50-48-46-44-26-24-22-20-18-16-14-12-10-8-6-4-2/h31-32,34-35,67-68,70,72-73,75H,3-30,33,36-66H2,1-2H3,(H,71,74)/b32-31-,35-34-. The topological polar surface area (TPSA) is 89.8 Å². The Balaban J connectivity index is 3.45. The summed E-state index contributed by atoms with van der Waals surface area (Å²) < 4.78 is 0. The van der Waals surface area contributed by atoms with Crippen LogP contribution in [0.25, 0.3) is 0 Å². The first-order chi connectivity index (χ1) is 37.1. The lowest BCUT2D eigenvalue weighted by Crippen LogP contribution is -2.50. The predicted molar refractivity (Wildman–Crippen MR) is 333 cm³/mol. The van der Waals surface area contributed by atoms with Gasteiger partial charge in [0.15, 0.2) is 0 Å². The first-order valence-electron chi connectivity index (χ1n) is 34.6. The molecule has 0 aromatic rings. The van der Waals surface area contributed by atoms with Crippen molar-refractivity contribution in [2.75, 3.05) is 6.61 Å². The van der Waals surface area contributed by atoms with Crippen LogP contribution in [0.2, 0.25) is 0 Å². The summed E-state index contributed by atoms with van der Waals surface area (Å²) in [4.78, 5) is 12.6. The highest BCUT2D eigenvalue weighted by atomic mass is 16.3. The largest absolute Gasteiger partial charge is 0.394 e. The van der Waals surface area contributed by atoms with Crippen molar-refractivity contribution in [2.24, 2.45) is 0 Å². The summed E-state index contributed by atoms with van der Waals surface area (Å²) in [5.41, 5.74) is 0. The summed E-state index contributed by atoms with van der Waals surface area (Å²) in [7, 11) is 0. The van der Waals surface area contributed by atoms with Gasteiger partial charge in [-0.25, -0.2) is 0 Å². The SMILES string of the molecule is CCCCCCCCCCCCCCCCC/C=C\C/C=C\CCCCCCCCCCCCCCCCCCCC(=O)NC(CO)C(O)C(O)CCCCCCCCCCCCCCCCCCCCCCCC. The lowest BCUT2D eigenvalue weighted by atomic mass is 9.99. The van der Waals surface area contributed by atoms with Crippen LogP contribution in [0.15, 0.2) is 24.3 Å². The van der Waals surface area contributed by atoms with Crippen LogP contribution in [-0.2, 0) is 4.79 Å². The molecule has 446 valence electrons. The first kappa shape index (κ1) is 73.8. The molecule has 0 aliphatic carbocycles. The van der Waals surface area contributed by atoms with E-state index in [9.17, 15) is 20.1 Å². The number of rotatable bonds is 65. The molecule has 1 amide bonds. The van der Waals surface area contributed by atoms with Crippen LogP contribution in [0.4, 0.5) is 0 Å².